The number of rotatable bonds is 7. The molecule has 0 unspecified atom stereocenters. The summed E-state index contributed by atoms with van der Waals surface area (Å²) in [6, 6.07) is 9.41. The van der Waals surface area contributed by atoms with Crippen LogP contribution in [0.3, 0.4) is 0 Å². The lowest BCUT2D eigenvalue weighted by Gasteiger charge is -2.37. The normalized spacial score (nSPS) is 19.2. The summed E-state index contributed by atoms with van der Waals surface area (Å²) in [5.74, 6) is -0.264. The van der Waals surface area contributed by atoms with Crippen molar-refractivity contribution in [2.75, 3.05) is 40.5 Å². The minimum Gasteiger partial charge on any atom is -0.472 e. The second kappa shape index (κ2) is 10.8. The molecule has 2 heterocycles. The Balaban J connectivity index is 2.00. The van der Waals surface area contributed by atoms with Crippen LogP contribution in [0, 0.1) is 12.8 Å². The van der Waals surface area contributed by atoms with Crippen LogP contribution in [0.1, 0.15) is 29.8 Å². The van der Waals surface area contributed by atoms with Gasteiger partial charge in [-0.15, -0.1) is 0 Å². The molecule has 8 heteroatoms. The molecular weight excluding hydrogens is 422 g/mol. The number of carbonyl (C=O) groups excluding carboxylic acids is 2. The number of aliphatic hydroxyl groups excluding tert-OH is 1. The lowest BCUT2D eigenvalue weighted by molar-refractivity contribution is -0.135. The summed E-state index contributed by atoms with van der Waals surface area (Å²) in [5, 5.41) is 9.80. The van der Waals surface area contributed by atoms with Crippen molar-refractivity contribution in [3.05, 3.63) is 47.7 Å². The molecule has 0 saturated heterocycles. The van der Waals surface area contributed by atoms with Gasteiger partial charge in [-0.05, 0) is 25.5 Å². The van der Waals surface area contributed by atoms with Gasteiger partial charge in [-0.25, -0.2) is 4.98 Å². The van der Waals surface area contributed by atoms with Crippen molar-refractivity contribution in [2.45, 2.75) is 32.9 Å². The fourth-order valence-electron chi connectivity index (χ4n) is 3.83. The smallest absolute Gasteiger partial charge is 0.259 e. The molecule has 178 valence electrons. The fraction of sp³-hybridized carbons (Fsp3) is 0.480. The summed E-state index contributed by atoms with van der Waals surface area (Å²) in [6.07, 6.45) is 1.30. The number of aryl methyl sites for hydroxylation is 1. The molecule has 2 aromatic rings. The van der Waals surface area contributed by atoms with Gasteiger partial charge in [0.25, 0.3) is 5.91 Å². The lowest BCUT2D eigenvalue weighted by Crippen LogP contribution is -2.50. The van der Waals surface area contributed by atoms with Crippen LogP contribution in [-0.2, 0) is 9.53 Å². The number of aliphatic hydroxyl groups is 1. The van der Waals surface area contributed by atoms with E-state index in [0.717, 1.165) is 16.7 Å². The van der Waals surface area contributed by atoms with E-state index in [0.29, 0.717) is 18.7 Å². The zero-order valence-electron chi connectivity index (χ0n) is 19.9. The second-order valence-corrected chi connectivity index (χ2v) is 8.77. The van der Waals surface area contributed by atoms with Gasteiger partial charge in [0, 0.05) is 38.4 Å². The Labute approximate surface area is 195 Å². The fourth-order valence-corrected chi connectivity index (χ4v) is 3.83. The average Bonchev–Trinajstić information content (AvgIpc) is 2.81. The molecule has 0 saturated carbocycles. The Morgan fingerprint density at radius 1 is 1.33 bits per heavy atom. The second-order valence-electron chi connectivity index (χ2n) is 8.77. The molecule has 3 rings (SSSR count). The van der Waals surface area contributed by atoms with E-state index < -0.39 is 6.10 Å². The van der Waals surface area contributed by atoms with Crippen molar-refractivity contribution >= 4 is 11.8 Å². The molecular formula is C25H33N3O5. The van der Waals surface area contributed by atoms with Crippen LogP contribution in [0.5, 0.6) is 5.88 Å². The third kappa shape index (κ3) is 5.69. The molecule has 1 aliphatic rings. The SMILES string of the molecule is COCC(=O)N(C)C[C@@H]1Oc2ncc(-c3ccc(C)cc3)cc2C(=O)N([C@@H](C)CO)C[C@H]1C. The highest BCUT2D eigenvalue weighted by Gasteiger charge is 2.34. The monoisotopic (exact) mass is 455 g/mol. The minimum absolute atomic E-state index is 0.0154. The van der Waals surface area contributed by atoms with Gasteiger partial charge in [0.05, 0.1) is 19.2 Å². The van der Waals surface area contributed by atoms with Gasteiger partial charge in [0.2, 0.25) is 11.8 Å². The molecule has 1 N–H and O–H groups in total. The molecule has 1 aromatic heterocycles. The summed E-state index contributed by atoms with van der Waals surface area (Å²) in [6.45, 7) is 6.33. The number of methoxy groups -OCH3 is 1. The first-order valence-electron chi connectivity index (χ1n) is 11.1. The first kappa shape index (κ1) is 24.7. The predicted molar refractivity (Wildman–Crippen MR) is 125 cm³/mol. The lowest BCUT2D eigenvalue weighted by atomic mass is 9.99. The maximum absolute atomic E-state index is 13.5. The van der Waals surface area contributed by atoms with E-state index in [-0.39, 0.29) is 42.9 Å². The van der Waals surface area contributed by atoms with Gasteiger partial charge in [-0.1, -0.05) is 36.8 Å². The van der Waals surface area contributed by atoms with Gasteiger partial charge < -0.3 is 24.4 Å². The quantitative estimate of drug-likeness (QED) is 0.689. The van der Waals surface area contributed by atoms with E-state index in [1.807, 2.05) is 45.0 Å². The number of nitrogens with zero attached hydrogens (tertiary/aromatic N) is 3. The Morgan fingerprint density at radius 3 is 2.67 bits per heavy atom. The number of benzene rings is 1. The highest BCUT2D eigenvalue weighted by molar-refractivity contribution is 5.98. The third-order valence-electron chi connectivity index (χ3n) is 6.05. The van der Waals surface area contributed by atoms with Crippen LogP contribution in [0.25, 0.3) is 11.1 Å². The number of pyridine rings is 1. The average molecular weight is 456 g/mol. The zero-order valence-corrected chi connectivity index (χ0v) is 19.9. The van der Waals surface area contributed by atoms with Gasteiger partial charge >= 0.3 is 0 Å². The van der Waals surface area contributed by atoms with E-state index in [2.05, 4.69) is 4.98 Å². The van der Waals surface area contributed by atoms with Crippen LogP contribution >= 0.6 is 0 Å². The number of fused-ring (bicyclic) bond motifs is 1. The maximum atomic E-state index is 13.5. The number of likely N-dealkylation sites (N-methyl/N-ethyl adjacent to an activating group) is 1. The first-order chi connectivity index (χ1) is 15.7. The summed E-state index contributed by atoms with van der Waals surface area (Å²) in [7, 11) is 3.18. The van der Waals surface area contributed by atoms with E-state index in [9.17, 15) is 14.7 Å². The molecule has 8 nitrogen and oxygen atoms in total. The van der Waals surface area contributed by atoms with Crippen molar-refractivity contribution in [3.8, 4) is 17.0 Å². The largest absolute Gasteiger partial charge is 0.472 e. The van der Waals surface area contributed by atoms with Gasteiger partial charge in [0.1, 0.15) is 18.3 Å². The minimum atomic E-state index is -0.395. The van der Waals surface area contributed by atoms with Gasteiger partial charge in [-0.3, -0.25) is 9.59 Å². The topological polar surface area (TPSA) is 92.2 Å². The molecule has 1 aromatic carbocycles. The summed E-state index contributed by atoms with van der Waals surface area (Å²) >= 11 is 0. The highest BCUT2D eigenvalue weighted by Crippen LogP contribution is 2.30. The Kier molecular flexibility index (Phi) is 8.05. The molecule has 0 aliphatic carbocycles. The standard InChI is InChI=1S/C25H33N3O5/c1-16-6-8-19(9-7-16)20-10-21-24(26-11-20)33-22(13-27(4)23(30)15-32-5)17(2)12-28(25(21)31)18(3)14-29/h6-11,17-18,22,29H,12-15H2,1-5H3/t17-,18+,22+/m1/s1. The zero-order chi connectivity index (χ0) is 24.1. The number of amides is 2. The number of ether oxygens (including phenoxy) is 2. The summed E-state index contributed by atoms with van der Waals surface area (Å²) < 4.78 is 11.2. The maximum Gasteiger partial charge on any atom is 0.259 e. The Hall–Kier alpha value is -2.97. The number of aromatic nitrogens is 1. The summed E-state index contributed by atoms with van der Waals surface area (Å²) in [5.41, 5.74) is 3.24. The van der Waals surface area contributed by atoms with Crippen molar-refractivity contribution in [1.29, 1.82) is 0 Å². The first-order valence-corrected chi connectivity index (χ1v) is 11.1. The van der Waals surface area contributed by atoms with Crippen LogP contribution in [0.4, 0.5) is 0 Å². The van der Waals surface area contributed by atoms with Crippen molar-refractivity contribution in [1.82, 2.24) is 14.8 Å². The molecule has 3 atom stereocenters. The molecule has 1 aliphatic heterocycles. The molecule has 0 bridgehead atoms. The Bertz CT molecular complexity index is 979. The van der Waals surface area contributed by atoms with Gasteiger partial charge in [-0.2, -0.15) is 0 Å². The van der Waals surface area contributed by atoms with E-state index in [1.54, 1.807) is 29.1 Å². The van der Waals surface area contributed by atoms with Crippen LogP contribution in [0.2, 0.25) is 0 Å². The van der Waals surface area contributed by atoms with Crippen molar-refractivity contribution < 1.29 is 24.2 Å². The molecule has 2 amide bonds. The van der Waals surface area contributed by atoms with Crippen LogP contribution < -0.4 is 4.74 Å². The summed E-state index contributed by atoms with van der Waals surface area (Å²) in [4.78, 5) is 33.5. The Morgan fingerprint density at radius 2 is 2.03 bits per heavy atom. The van der Waals surface area contributed by atoms with E-state index in [4.69, 9.17) is 9.47 Å². The molecule has 0 fully saturated rings. The van der Waals surface area contributed by atoms with Crippen LogP contribution in [-0.4, -0.2) is 84.3 Å². The van der Waals surface area contributed by atoms with Crippen molar-refractivity contribution in [2.24, 2.45) is 5.92 Å². The predicted octanol–water partition coefficient (Wildman–Crippen LogP) is 2.38. The number of hydrogen-bond donors (Lipinski definition) is 1. The highest BCUT2D eigenvalue weighted by atomic mass is 16.5. The molecule has 33 heavy (non-hydrogen) atoms. The molecule has 0 radical (unpaired) electrons. The number of hydrogen-bond acceptors (Lipinski definition) is 6. The van der Waals surface area contributed by atoms with E-state index >= 15 is 0 Å². The van der Waals surface area contributed by atoms with Crippen LogP contribution in [0.15, 0.2) is 36.5 Å². The van der Waals surface area contributed by atoms with E-state index in [1.165, 1.54) is 7.11 Å². The molecule has 0 spiro atoms. The van der Waals surface area contributed by atoms with Crippen molar-refractivity contribution in [3.63, 3.8) is 0 Å². The van der Waals surface area contributed by atoms with Gasteiger partial charge in [0.15, 0.2) is 0 Å². The number of carbonyl (C=O) groups is 2. The third-order valence-corrected chi connectivity index (χ3v) is 6.05.